The van der Waals surface area contributed by atoms with Crippen molar-refractivity contribution in [3.63, 3.8) is 0 Å². The summed E-state index contributed by atoms with van der Waals surface area (Å²) < 4.78 is 0. The molecule has 0 aliphatic carbocycles. The van der Waals surface area contributed by atoms with Gasteiger partial charge in [0.15, 0.2) is 0 Å². The van der Waals surface area contributed by atoms with Crippen LogP contribution in [0, 0.1) is 5.41 Å². The van der Waals surface area contributed by atoms with Crippen LogP contribution in [-0.2, 0) is 0 Å². The third-order valence-corrected chi connectivity index (χ3v) is 6.70. The molecule has 5 nitrogen and oxygen atoms in total. The highest BCUT2D eigenvalue weighted by Crippen LogP contribution is 2.30. The molecule has 5 N–H and O–H groups in total. The summed E-state index contributed by atoms with van der Waals surface area (Å²) in [5.74, 6) is 0. The topological polar surface area (TPSA) is 60.1 Å². The Morgan fingerprint density at radius 1 is 0.357 bits per heavy atom. The molecule has 168 valence electrons. The van der Waals surface area contributed by atoms with Crippen molar-refractivity contribution in [3.8, 4) is 0 Å². The fourth-order valence-corrected chi connectivity index (χ4v) is 2.99. The van der Waals surface area contributed by atoms with Crippen molar-refractivity contribution >= 4 is 0 Å². The molecule has 1 heterocycles. The zero-order valence-corrected chi connectivity index (χ0v) is 21.0. The average molecular weight is 398 g/mol. The summed E-state index contributed by atoms with van der Waals surface area (Å²) in [7, 11) is 0. The molecule has 0 spiro atoms. The van der Waals surface area contributed by atoms with E-state index in [9.17, 15) is 0 Å². The highest BCUT2D eigenvalue weighted by molar-refractivity contribution is 5.00. The van der Waals surface area contributed by atoms with Gasteiger partial charge in [0.1, 0.15) is 0 Å². The van der Waals surface area contributed by atoms with E-state index in [2.05, 4.69) is 110 Å². The SMILES string of the molecule is CC1(C)CNC(C)(C)CNC(C)(C)CNC(C)(C)C(C)(C)CNC(C)(C)CN1. The van der Waals surface area contributed by atoms with E-state index in [0.717, 1.165) is 32.7 Å². The van der Waals surface area contributed by atoms with Crippen LogP contribution in [0.2, 0.25) is 0 Å². The van der Waals surface area contributed by atoms with Crippen molar-refractivity contribution in [1.29, 1.82) is 0 Å². The van der Waals surface area contributed by atoms with Gasteiger partial charge in [0, 0.05) is 60.4 Å². The first kappa shape index (κ1) is 25.8. The van der Waals surface area contributed by atoms with Crippen LogP contribution in [0.15, 0.2) is 0 Å². The van der Waals surface area contributed by atoms with E-state index in [-0.39, 0.29) is 33.1 Å². The lowest BCUT2D eigenvalue weighted by atomic mass is 9.73. The van der Waals surface area contributed by atoms with Crippen molar-refractivity contribution < 1.29 is 0 Å². The van der Waals surface area contributed by atoms with Gasteiger partial charge in [-0.1, -0.05) is 13.8 Å². The average Bonchev–Trinajstić information content (AvgIpc) is 2.54. The van der Waals surface area contributed by atoms with Gasteiger partial charge in [0.25, 0.3) is 0 Å². The Labute approximate surface area is 176 Å². The molecule has 1 fully saturated rings. The zero-order chi connectivity index (χ0) is 22.1. The minimum absolute atomic E-state index is 0.00651. The number of nitrogens with one attached hydrogen (secondary N) is 5. The quantitative estimate of drug-likeness (QED) is 0.435. The van der Waals surface area contributed by atoms with Crippen LogP contribution in [0.1, 0.15) is 83.1 Å². The largest absolute Gasteiger partial charge is 0.310 e. The lowest BCUT2D eigenvalue weighted by molar-refractivity contribution is 0.122. The van der Waals surface area contributed by atoms with Gasteiger partial charge >= 0.3 is 0 Å². The van der Waals surface area contributed by atoms with Crippen LogP contribution in [0.25, 0.3) is 0 Å². The zero-order valence-electron chi connectivity index (χ0n) is 21.0. The van der Waals surface area contributed by atoms with Crippen molar-refractivity contribution in [2.75, 3.05) is 32.7 Å². The molecular formula is C23H51N5. The Balaban J connectivity index is 3.06. The van der Waals surface area contributed by atoms with Gasteiger partial charge in [-0.15, -0.1) is 0 Å². The summed E-state index contributed by atoms with van der Waals surface area (Å²) in [5.41, 5.74) is 0.206. The fourth-order valence-electron chi connectivity index (χ4n) is 2.99. The van der Waals surface area contributed by atoms with Crippen molar-refractivity contribution in [1.82, 2.24) is 26.6 Å². The molecule has 28 heavy (non-hydrogen) atoms. The third-order valence-electron chi connectivity index (χ3n) is 6.70. The highest BCUT2D eigenvalue weighted by Gasteiger charge is 2.39. The van der Waals surface area contributed by atoms with E-state index in [1.165, 1.54) is 0 Å². The molecule has 1 saturated heterocycles. The Morgan fingerprint density at radius 2 is 0.607 bits per heavy atom. The fraction of sp³-hybridized carbons (Fsp3) is 1.00. The molecule has 0 aromatic heterocycles. The molecule has 0 aromatic rings. The normalized spacial score (nSPS) is 30.4. The van der Waals surface area contributed by atoms with Gasteiger partial charge in [0.05, 0.1) is 0 Å². The standard InChI is InChI=1S/C23H51N5/c1-18(2)13-24-19(3,4)14-25-20(5,6)15-26-21(7,8)16-27-22(9,10)17-28-23(18,11)12/h24-28H,13-17H2,1-12H3. The predicted octanol–water partition coefficient (Wildman–Crippen LogP) is 2.87. The highest BCUT2D eigenvalue weighted by atomic mass is 15.1. The van der Waals surface area contributed by atoms with Gasteiger partial charge < -0.3 is 26.6 Å². The minimum Gasteiger partial charge on any atom is -0.310 e. The van der Waals surface area contributed by atoms with E-state index < -0.39 is 0 Å². The molecule has 0 atom stereocenters. The Bertz CT molecular complexity index is 457. The van der Waals surface area contributed by atoms with E-state index in [1.807, 2.05) is 0 Å². The maximum atomic E-state index is 3.85. The number of hydrogen-bond acceptors (Lipinski definition) is 5. The van der Waals surface area contributed by atoms with E-state index in [0.29, 0.717) is 0 Å². The second-order valence-corrected chi connectivity index (χ2v) is 12.8. The molecule has 0 radical (unpaired) electrons. The predicted molar refractivity (Wildman–Crippen MR) is 124 cm³/mol. The lowest BCUT2D eigenvalue weighted by Gasteiger charge is -2.47. The monoisotopic (exact) mass is 397 g/mol. The van der Waals surface area contributed by atoms with Crippen LogP contribution >= 0.6 is 0 Å². The molecule has 1 rings (SSSR count). The molecule has 0 saturated carbocycles. The molecule has 1 aliphatic rings. The van der Waals surface area contributed by atoms with Gasteiger partial charge in [-0.2, -0.15) is 0 Å². The molecule has 1 aliphatic heterocycles. The molecular weight excluding hydrogens is 346 g/mol. The third kappa shape index (κ3) is 8.27. The van der Waals surface area contributed by atoms with Crippen LogP contribution < -0.4 is 26.6 Å². The molecule has 5 heteroatoms. The van der Waals surface area contributed by atoms with E-state index in [1.54, 1.807) is 0 Å². The van der Waals surface area contributed by atoms with Gasteiger partial charge in [-0.05, 0) is 74.7 Å². The summed E-state index contributed by atoms with van der Waals surface area (Å²) in [6.45, 7) is 32.3. The first-order valence-corrected chi connectivity index (χ1v) is 11.0. The Kier molecular flexibility index (Phi) is 7.85. The summed E-state index contributed by atoms with van der Waals surface area (Å²) in [5, 5.41) is 19.0. The number of hydrogen-bond donors (Lipinski definition) is 5. The van der Waals surface area contributed by atoms with Crippen LogP contribution in [0.3, 0.4) is 0 Å². The van der Waals surface area contributed by atoms with Crippen molar-refractivity contribution in [2.45, 2.75) is 111 Å². The first-order valence-electron chi connectivity index (χ1n) is 11.0. The van der Waals surface area contributed by atoms with Gasteiger partial charge in [-0.3, -0.25) is 0 Å². The van der Waals surface area contributed by atoms with Crippen LogP contribution in [-0.4, -0.2) is 60.4 Å². The lowest BCUT2D eigenvalue weighted by Crippen LogP contribution is -2.65. The Hall–Kier alpha value is -0.200. The Morgan fingerprint density at radius 3 is 0.929 bits per heavy atom. The molecule has 0 unspecified atom stereocenters. The maximum absolute atomic E-state index is 3.85. The summed E-state index contributed by atoms with van der Waals surface area (Å²) in [6.07, 6.45) is 0. The first-order chi connectivity index (χ1) is 12.3. The second kappa shape index (κ2) is 8.50. The summed E-state index contributed by atoms with van der Waals surface area (Å²) in [6, 6.07) is 0. The summed E-state index contributed by atoms with van der Waals surface area (Å²) in [4.78, 5) is 0. The van der Waals surface area contributed by atoms with E-state index in [4.69, 9.17) is 0 Å². The van der Waals surface area contributed by atoms with E-state index >= 15 is 0 Å². The second-order valence-electron chi connectivity index (χ2n) is 12.8. The minimum atomic E-state index is 0.00651. The smallest absolute Gasteiger partial charge is 0.0250 e. The van der Waals surface area contributed by atoms with Gasteiger partial charge in [-0.25, -0.2) is 0 Å². The van der Waals surface area contributed by atoms with Crippen LogP contribution in [0.4, 0.5) is 0 Å². The summed E-state index contributed by atoms with van der Waals surface area (Å²) >= 11 is 0. The number of rotatable bonds is 0. The van der Waals surface area contributed by atoms with Crippen LogP contribution in [0.5, 0.6) is 0 Å². The maximum Gasteiger partial charge on any atom is 0.0250 e. The van der Waals surface area contributed by atoms with Crippen molar-refractivity contribution in [2.24, 2.45) is 5.41 Å². The molecule has 0 amide bonds. The molecule has 0 aromatic carbocycles. The van der Waals surface area contributed by atoms with Gasteiger partial charge in [0.2, 0.25) is 0 Å². The molecule has 0 bridgehead atoms. The van der Waals surface area contributed by atoms with Crippen molar-refractivity contribution in [3.05, 3.63) is 0 Å².